The second-order valence-electron chi connectivity index (χ2n) is 4.62. The lowest BCUT2D eigenvalue weighted by molar-refractivity contribution is 1.09. The Morgan fingerprint density at radius 3 is 2.50 bits per heavy atom. The van der Waals surface area contributed by atoms with Gasteiger partial charge in [-0.2, -0.15) is 5.10 Å². The number of aromatic nitrogens is 2. The Morgan fingerprint density at radius 2 is 1.85 bits per heavy atom. The van der Waals surface area contributed by atoms with E-state index in [9.17, 15) is 0 Å². The van der Waals surface area contributed by atoms with Gasteiger partial charge in [0.05, 0.1) is 5.69 Å². The van der Waals surface area contributed by atoms with E-state index in [0.29, 0.717) is 0 Å². The molecule has 0 fully saturated rings. The molecule has 102 valence electrons. The molecule has 0 spiro atoms. The Hall–Kier alpha value is -2.07. The zero-order chi connectivity index (χ0) is 13.8. The van der Waals surface area contributed by atoms with Gasteiger partial charge in [-0.3, -0.25) is 5.10 Å². The van der Waals surface area contributed by atoms with Crippen LogP contribution in [0.5, 0.6) is 0 Å². The lowest BCUT2D eigenvalue weighted by Gasteiger charge is -2.05. The number of nitrogens with zero attached hydrogens (tertiary/aromatic N) is 1. The van der Waals surface area contributed by atoms with Crippen molar-refractivity contribution in [3.05, 3.63) is 58.4 Å². The standard InChI is InChI=1S/C16H17N3S/c1-2-14-7-8-15(20-14)11-17-13-5-3-12(4-6-13)16-9-10-18-19-16/h3-10,17H,2,11H2,1H3,(H,18,19). The van der Waals surface area contributed by atoms with Gasteiger partial charge in [0.15, 0.2) is 0 Å². The second kappa shape index (κ2) is 5.92. The number of benzene rings is 1. The number of nitrogens with one attached hydrogen (secondary N) is 2. The van der Waals surface area contributed by atoms with Crippen molar-refractivity contribution in [3.8, 4) is 11.3 Å². The quantitative estimate of drug-likeness (QED) is 0.732. The minimum atomic E-state index is 0.883. The third kappa shape index (κ3) is 2.91. The molecule has 0 amide bonds. The summed E-state index contributed by atoms with van der Waals surface area (Å²) in [6.07, 6.45) is 2.88. The third-order valence-electron chi connectivity index (χ3n) is 3.23. The fraction of sp³-hybridized carbons (Fsp3) is 0.188. The first-order chi connectivity index (χ1) is 9.85. The van der Waals surface area contributed by atoms with Crippen molar-refractivity contribution in [2.45, 2.75) is 19.9 Å². The van der Waals surface area contributed by atoms with Crippen LogP contribution in [0.25, 0.3) is 11.3 Å². The molecule has 0 bridgehead atoms. The van der Waals surface area contributed by atoms with E-state index in [1.165, 1.54) is 9.75 Å². The topological polar surface area (TPSA) is 40.7 Å². The summed E-state index contributed by atoms with van der Waals surface area (Å²) < 4.78 is 0. The van der Waals surface area contributed by atoms with Crippen LogP contribution in [0, 0.1) is 0 Å². The van der Waals surface area contributed by atoms with Gasteiger partial charge in [-0.25, -0.2) is 0 Å². The lowest BCUT2D eigenvalue weighted by atomic mass is 10.1. The highest BCUT2D eigenvalue weighted by Crippen LogP contribution is 2.21. The van der Waals surface area contributed by atoms with Crippen molar-refractivity contribution in [3.63, 3.8) is 0 Å². The molecule has 0 saturated carbocycles. The summed E-state index contributed by atoms with van der Waals surface area (Å²) in [5.74, 6) is 0. The molecule has 3 nitrogen and oxygen atoms in total. The van der Waals surface area contributed by atoms with Gasteiger partial charge >= 0.3 is 0 Å². The molecule has 0 radical (unpaired) electrons. The van der Waals surface area contributed by atoms with Gasteiger partial charge in [0.25, 0.3) is 0 Å². The van der Waals surface area contributed by atoms with Gasteiger partial charge in [-0.05, 0) is 42.3 Å². The number of thiophene rings is 1. The van der Waals surface area contributed by atoms with Crippen LogP contribution in [0.1, 0.15) is 16.7 Å². The zero-order valence-corrected chi connectivity index (χ0v) is 12.2. The summed E-state index contributed by atoms with van der Waals surface area (Å²) in [5, 5.41) is 10.4. The average Bonchev–Trinajstić information content (AvgIpc) is 3.17. The number of H-pyrrole nitrogens is 1. The van der Waals surface area contributed by atoms with E-state index in [1.807, 2.05) is 17.4 Å². The number of anilines is 1. The van der Waals surface area contributed by atoms with Crippen LogP contribution in [0.3, 0.4) is 0 Å². The molecule has 0 saturated heterocycles. The van der Waals surface area contributed by atoms with E-state index in [2.05, 4.69) is 58.8 Å². The van der Waals surface area contributed by atoms with Crippen LogP contribution in [0.15, 0.2) is 48.7 Å². The van der Waals surface area contributed by atoms with Crippen molar-refractivity contribution >= 4 is 17.0 Å². The molecule has 2 N–H and O–H groups in total. The molecule has 2 aromatic heterocycles. The fourth-order valence-electron chi connectivity index (χ4n) is 2.08. The van der Waals surface area contributed by atoms with E-state index in [1.54, 1.807) is 6.20 Å². The summed E-state index contributed by atoms with van der Waals surface area (Å²) in [6, 6.07) is 14.8. The van der Waals surface area contributed by atoms with E-state index < -0.39 is 0 Å². The van der Waals surface area contributed by atoms with Crippen LogP contribution < -0.4 is 5.32 Å². The number of hydrogen-bond acceptors (Lipinski definition) is 3. The van der Waals surface area contributed by atoms with Crippen LogP contribution in [0.4, 0.5) is 5.69 Å². The van der Waals surface area contributed by atoms with Crippen LogP contribution in [-0.2, 0) is 13.0 Å². The maximum Gasteiger partial charge on any atom is 0.0650 e. The van der Waals surface area contributed by atoms with Crippen LogP contribution in [0.2, 0.25) is 0 Å². The first kappa shape index (κ1) is 12.9. The minimum absolute atomic E-state index is 0.883. The molecule has 3 aromatic rings. The summed E-state index contributed by atoms with van der Waals surface area (Å²) >= 11 is 1.88. The van der Waals surface area contributed by atoms with Crippen molar-refractivity contribution < 1.29 is 0 Å². The smallest absolute Gasteiger partial charge is 0.0650 e. The molecule has 1 aromatic carbocycles. The first-order valence-electron chi connectivity index (χ1n) is 6.76. The molecule has 20 heavy (non-hydrogen) atoms. The molecule has 0 aliphatic heterocycles. The van der Waals surface area contributed by atoms with Gasteiger partial charge in [0, 0.05) is 28.2 Å². The third-order valence-corrected chi connectivity index (χ3v) is 4.46. The van der Waals surface area contributed by atoms with E-state index in [4.69, 9.17) is 0 Å². The predicted octanol–water partition coefficient (Wildman–Crippen LogP) is 4.31. The zero-order valence-electron chi connectivity index (χ0n) is 11.4. The van der Waals surface area contributed by atoms with Gasteiger partial charge in [0.2, 0.25) is 0 Å². The van der Waals surface area contributed by atoms with Crippen molar-refractivity contribution in [1.29, 1.82) is 0 Å². The highest BCUT2D eigenvalue weighted by Gasteiger charge is 2.01. The van der Waals surface area contributed by atoms with Crippen molar-refractivity contribution in [2.75, 3.05) is 5.32 Å². The molecule has 0 unspecified atom stereocenters. The predicted molar refractivity (Wildman–Crippen MR) is 85.0 cm³/mol. The summed E-state index contributed by atoms with van der Waals surface area (Å²) in [7, 11) is 0. The summed E-state index contributed by atoms with van der Waals surface area (Å²) in [4.78, 5) is 2.82. The molecule has 0 aliphatic rings. The molecular weight excluding hydrogens is 266 g/mol. The molecule has 0 aliphatic carbocycles. The SMILES string of the molecule is CCc1ccc(CNc2ccc(-c3ccn[nH]3)cc2)s1. The first-order valence-corrected chi connectivity index (χ1v) is 7.58. The number of aryl methyl sites for hydroxylation is 1. The number of hydrogen-bond donors (Lipinski definition) is 2. The maximum atomic E-state index is 3.97. The Labute approximate surface area is 122 Å². The molecule has 0 atom stereocenters. The largest absolute Gasteiger partial charge is 0.380 e. The fourth-order valence-corrected chi connectivity index (χ4v) is 2.98. The lowest BCUT2D eigenvalue weighted by Crippen LogP contribution is -1.96. The van der Waals surface area contributed by atoms with Crippen molar-refractivity contribution in [2.24, 2.45) is 0 Å². The molecular formula is C16H17N3S. The maximum absolute atomic E-state index is 3.97. The van der Waals surface area contributed by atoms with E-state index >= 15 is 0 Å². The van der Waals surface area contributed by atoms with Gasteiger partial charge in [-0.1, -0.05) is 19.1 Å². The highest BCUT2D eigenvalue weighted by molar-refractivity contribution is 7.12. The van der Waals surface area contributed by atoms with Gasteiger partial charge < -0.3 is 5.32 Å². The Balaban J connectivity index is 1.63. The van der Waals surface area contributed by atoms with Crippen molar-refractivity contribution in [1.82, 2.24) is 10.2 Å². The number of rotatable bonds is 5. The average molecular weight is 283 g/mol. The number of aromatic amines is 1. The Bertz CT molecular complexity index is 653. The second-order valence-corrected chi connectivity index (χ2v) is 5.88. The van der Waals surface area contributed by atoms with Crippen LogP contribution >= 0.6 is 11.3 Å². The summed E-state index contributed by atoms with van der Waals surface area (Å²) in [6.45, 7) is 3.07. The van der Waals surface area contributed by atoms with E-state index in [0.717, 1.165) is 29.9 Å². The molecule has 2 heterocycles. The highest BCUT2D eigenvalue weighted by atomic mass is 32.1. The normalized spacial score (nSPS) is 10.7. The van der Waals surface area contributed by atoms with Gasteiger partial charge in [-0.15, -0.1) is 11.3 Å². The van der Waals surface area contributed by atoms with Gasteiger partial charge in [0.1, 0.15) is 0 Å². The monoisotopic (exact) mass is 283 g/mol. The molecule has 4 heteroatoms. The Kier molecular flexibility index (Phi) is 3.83. The minimum Gasteiger partial charge on any atom is -0.380 e. The Morgan fingerprint density at radius 1 is 1.05 bits per heavy atom. The van der Waals surface area contributed by atoms with E-state index in [-0.39, 0.29) is 0 Å². The molecule has 3 rings (SSSR count). The van der Waals surface area contributed by atoms with Crippen LogP contribution in [-0.4, -0.2) is 10.2 Å². The summed E-state index contributed by atoms with van der Waals surface area (Å²) in [5.41, 5.74) is 3.33.